The van der Waals surface area contributed by atoms with Crippen LogP contribution in [0.1, 0.15) is 0 Å². The average Bonchev–Trinajstić information content (AvgIpc) is 2.49. The molecule has 1 rings (SSSR count). The zero-order valence-corrected chi connectivity index (χ0v) is 12.0. The Morgan fingerprint density at radius 3 is 2.57 bits per heavy atom. The first-order valence-electron chi connectivity index (χ1n) is 6.13. The van der Waals surface area contributed by atoms with E-state index in [9.17, 15) is 25.0 Å². The number of nitrogens with zero attached hydrogens (tertiary/aromatic N) is 2. The summed E-state index contributed by atoms with van der Waals surface area (Å²) >= 11 is 5.40. The van der Waals surface area contributed by atoms with Gasteiger partial charge in [0.1, 0.15) is 24.4 Å². The highest BCUT2D eigenvalue weighted by Gasteiger charge is 2.43. The molecule has 1 aliphatic rings. The Morgan fingerprint density at radius 1 is 1.38 bits per heavy atom. The van der Waals surface area contributed by atoms with Gasteiger partial charge in [-0.15, -0.1) is 16.5 Å². The summed E-state index contributed by atoms with van der Waals surface area (Å²) in [4.78, 5) is 22.0. The lowest BCUT2D eigenvalue weighted by molar-refractivity contribution is -0.288. The SMILES string of the molecule is COC1O[C@H](CNC(=O)N(CCCl)N=O)C(O)[C@@H](O)[C@H]1O. The molecule has 2 unspecified atom stereocenters. The Bertz CT molecular complexity index is 360. The van der Waals surface area contributed by atoms with Crippen LogP contribution in [0.3, 0.4) is 0 Å². The number of hydrogen-bond acceptors (Lipinski definition) is 8. The molecule has 1 aliphatic heterocycles. The van der Waals surface area contributed by atoms with Gasteiger partial charge >= 0.3 is 6.03 Å². The number of methoxy groups -OCH3 is 1. The molecule has 0 aliphatic carbocycles. The zero-order valence-electron chi connectivity index (χ0n) is 11.3. The number of aliphatic hydroxyl groups is 3. The highest BCUT2D eigenvalue weighted by molar-refractivity contribution is 6.18. The van der Waals surface area contributed by atoms with E-state index in [-0.39, 0.29) is 19.0 Å². The first-order valence-corrected chi connectivity index (χ1v) is 6.66. The van der Waals surface area contributed by atoms with E-state index in [1.165, 1.54) is 7.11 Å². The molecular weight excluding hydrogens is 310 g/mol. The number of urea groups is 1. The second kappa shape index (κ2) is 8.41. The number of halogens is 1. The van der Waals surface area contributed by atoms with E-state index in [1.807, 2.05) is 0 Å². The first-order chi connectivity index (χ1) is 9.96. The number of amides is 2. The molecule has 0 aromatic heterocycles. The topological polar surface area (TPSA) is 141 Å². The smallest absolute Gasteiger partial charge is 0.340 e. The van der Waals surface area contributed by atoms with E-state index >= 15 is 0 Å². The highest BCUT2D eigenvalue weighted by atomic mass is 35.5. The number of nitrogens with one attached hydrogen (secondary N) is 1. The molecule has 0 spiro atoms. The molecule has 0 aromatic carbocycles. The van der Waals surface area contributed by atoms with Gasteiger partial charge in [-0.1, -0.05) is 0 Å². The summed E-state index contributed by atoms with van der Waals surface area (Å²) in [6.45, 7) is -0.301. The van der Waals surface area contributed by atoms with Gasteiger partial charge in [-0.05, 0) is 0 Å². The number of hydrogen-bond donors (Lipinski definition) is 4. The lowest BCUT2D eigenvalue weighted by Gasteiger charge is -2.39. The zero-order chi connectivity index (χ0) is 16.0. The number of carbonyl (C=O) groups excluding carboxylic acids is 1. The fourth-order valence-corrected chi connectivity index (χ4v) is 1.98. The molecule has 11 heteroatoms. The van der Waals surface area contributed by atoms with Crippen molar-refractivity contribution in [3.63, 3.8) is 0 Å². The number of alkyl halides is 1. The van der Waals surface area contributed by atoms with Crippen molar-refractivity contribution < 1.29 is 29.6 Å². The predicted octanol–water partition coefficient (Wildman–Crippen LogP) is -1.63. The number of nitroso groups, excluding NO2 is 1. The molecule has 1 saturated heterocycles. The molecule has 10 nitrogen and oxygen atoms in total. The number of aliphatic hydroxyl groups excluding tert-OH is 3. The molecule has 4 N–H and O–H groups in total. The Morgan fingerprint density at radius 2 is 2.05 bits per heavy atom. The summed E-state index contributed by atoms with van der Waals surface area (Å²) in [5, 5.41) is 34.4. The van der Waals surface area contributed by atoms with Crippen LogP contribution in [0.4, 0.5) is 4.79 Å². The Labute approximate surface area is 125 Å². The fraction of sp³-hybridized carbons (Fsp3) is 0.900. The van der Waals surface area contributed by atoms with Crippen molar-refractivity contribution in [2.45, 2.75) is 30.7 Å². The van der Waals surface area contributed by atoms with Crippen LogP contribution in [0.5, 0.6) is 0 Å². The van der Waals surface area contributed by atoms with Crippen LogP contribution in [0.25, 0.3) is 0 Å². The molecule has 1 fully saturated rings. The van der Waals surface area contributed by atoms with Gasteiger partial charge in [0.25, 0.3) is 0 Å². The predicted molar refractivity (Wildman–Crippen MR) is 70.3 cm³/mol. The molecule has 0 bridgehead atoms. The number of ether oxygens (including phenoxy) is 2. The third kappa shape index (κ3) is 4.46. The largest absolute Gasteiger partial charge is 0.388 e. The second-order valence-electron chi connectivity index (χ2n) is 4.33. The van der Waals surface area contributed by atoms with E-state index in [0.29, 0.717) is 5.01 Å². The van der Waals surface area contributed by atoms with Crippen molar-refractivity contribution in [3.8, 4) is 0 Å². The maximum Gasteiger partial charge on any atom is 0.340 e. The molecule has 0 aromatic rings. The van der Waals surface area contributed by atoms with E-state index in [4.69, 9.17) is 21.1 Å². The van der Waals surface area contributed by atoms with Gasteiger partial charge in [0.2, 0.25) is 0 Å². The number of carbonyl (C=O) groups is 1. The average molecular weight is 328 g/mol. The number of rotatable bonds is 6. The molecule has 21 heavy (non-hydrogen) atoms. The van der Waals surface area contributed by atoms with Crippen molar-refractivity contribution in [2.75, 3.05) is 26.1 Å². The van der Waals surface area contributed by atoms with E-state index in [0.717, 1.165) is 0 Å². The minimum atomic E-state index is -1.49. The van der Waals surface area contributed by atoms with Gasteiger partial charge in [0.15, 0.2) is 6.29 Å². The third-order valence-corrected chi connectivity index (χ3v) is 3.15. The van der Waals surface area contributed by atoms with E-state index < -0.39 is 36.7 Å². The molecular formula is C10H18ClN3O7. The Balaban J connectivity index is 2.57. The maximum atomic E-state index is 11.6. The molecule has 1 heterocycles. The van der Waals surface area contributed by atoms with Crippen LogP contribution in [-0.4, -0.2) is 83.1 Å². The third-order valence-electron chi connectivity index (χ3n) is 2.98. The Kier molecular flexibility index (Phi) is 7.22. The molecule has 0 radical (unpaired) electrons. The summed E-state index contributed by atoms with van der Waals surface area (Å²) in [7, 11) is 1.26. The summed E-state index contributed by atoms with van der Waals surface area (Å²) < 4.78 is 10.0. The van der Waals surface area contributed by atoms with Crippen LogP contribution in [-0.2, 0) is 9.47 Å². The first kappa shape index (κ1) is 18.0. The lowest BCUT2D eigenvalue weighted by Crippen LogP contribution is -2.60. The van der Waals surface area contributed by atoms with Crippen LogP contribution in [0.15, 0.2) is 5.29 Å². The normalized spacial score (nSPS) is 32.5. The van der Waals surface area contributed by atoms with Crippen molar-refractivity contribution >= 4 is 17.6 Å². The quantitative estimate of drug-likeness (QED) is 0.261. The molecule has 0 saturated carbocycles. The molecule has 5 atom stereocenters. The van der Waals surface area contributed by atoms with Gasteiger partial charge in [0, 0.05) is 19.5 Å². The standard InChI is InChI=1S/C10H18ClN3O7/c1-20-9-8(17)7(16)6(15)5(21-9)4-12-10(18)14(13-19)3-2-11/h5-9,15-17H,2-4H2,1H3,(H,12,18)/t5-,6?,7-,8-,9?/m1/s1. The van der Waals surface area contributed by atoms with Gasteiger partial charge in [-0.3, -0.25) is 0 Å². The van der Waals surface area contributed by atoms with Gasteiger partial charge < -0.3 is 30.1 Å². The summed E-state index contributed by atoms with van der Waals surface area (Å²) in [6, 6.07) is -0.823. The summed E-state index contributed by atoms with van der Waals surface area (Å²) in [5.41, 5.74) is 0. The second-order valence-corrected chi connectivity index (χ2v) is 4.71. The van der Waals surface area contributed by atoms with Gasteiger partial charge in [0.05, 0.1) is 11.8 Å². The van der Waals surface area contributed by atoms with E-state index in [2.05, 4.69) is 10.6 Å². The van der Waals surface area contributed by atoms with Crippen molar-refractivity contribution in [3.05, 3.63) is 4.91 Å². The fourth-order valence-electron chi connectivity index (χ4n) is 1.82. The Hall–Kier alpha value is -1.04. The highest BCUT2D eigenvalue weighted by Crippen LogP contribution is 2.21. The van der Waals surface area contributed by atoms with Gasteiger partial charge in [-0.25, -0.2) is 4.79 Å². The molecule has 122 valence electrons. The van der Waals surface area contributed by atoms with Crippen LogP contribution < -0.4 is 5.32 Å². The van der Waals surface area contributed by atoms with Crippen LogP contribution in [0, 0.1) is 4.91 Å². The van der Waals surface area contributed by atoms with Crippen molar-refractivity contribution in [1.82, 2.24) is 10.3 Å². The van der Waals surface area contributed by atoms with Gasteiger partial charge in [-0.2, -0.15) is 5.01 Å². The van der Waals surface area contributed by atoms with Crippen LogP contribution in [0.2, 0.25) is 0 Å². The van der Waals surface area contributed by atoms with E-state index in [1.54, 1.807) is 0 Å². The summed E-state index contributed by atoms with van der Waals surface area (Å²) in [6.07, 6.45) is -6.51. The minimum absolute atomic E-state index is 0.0262. The van der Waals surface area contributed by atoms with Crippen molar-refractivity contribution in [1.29, 1.82) is 0 Å². The molecule has 2 amide bonds. The van der Waals surface area contributed by atoms with Crippen LogP contribution >= 0.6 is 11.6 Å². The van der Waals surface area contributed by atoms with Crippen molar-refractivity contribution in [2.24, 2.45) is 5.29 Å². The monoisotopic (exact) mass is 327 g/mol. The summed E-state index contributed by atoms with van der Waals surface area (Å²) in [5.74, 6) is 0.0262. The maximum absolute atomic E-state index is 11.6. The lowest BCUT2D eigenvalue weighted by atomic mass is 9.99. The minimum Gasteiger partial charge on any atom is -0.388 e.